The summed E-state index contributed by atoms with van der Waals surface area (Å²) in [6.45, 7) is -0.818. The second-order valence-corrected chi connectivity index (χ2v) is 4.03. The standard InChI is InChI=1S/C10H11BrClFO/c11-5-1-2-8-3-4-9(12)6-10(8)14-7-13/h3-4,6H,1-2,5,7H2. The molecule has 0 fully saturated rings. The Morgan fingerprint density at radius 2 is 2.21 bits per heavy atom. The summed E-state index contributed by atoms with van der Waals surface area (Å²) in [5.41, 5.74) is 0.992. The van der Waals surface area contributed by atoms with Gasteiger partial charge in [-0.05, 0) is 30.5 Å². The van der Waals surface area contributed by atoms with Gasteiger partial charge in [-0.25, -0.2) is 4.39 Å². The molecular formula is C10H11BrClFO. The minimum absolute atomic E-state index is 0.543. The van der Waals surface area contributed by atoms with Gasteiger partial charge in [0.05, 0.1) is 0 Å². The van der Waals surface area contributed by atoms with Crippen LogP contribution in [0.5, 0.6) is 5.75 Å². The van der Waals surface area contributed by atoms with Gasteiger partial charge in [0.15, 0.2) is 0 Å². The fourth-order valence-electron chi connectivity index (χ4n) is 1.19. The van der Waals surface area contributed by atoms with E-state index in [0.29, 0.717) is 10.8 Å². The van der Waals surface area contributed by atoms with Crippen LogP contribution in [-0.2, 0) is 6.42 Å². The normalized spacial score (nSPS) is 10.2. The first-order valence-corrected chi connectivity index (χ1v) is 5.81. The van der Waals surface area contributed by atoms with E-state index in [-0.39, 0.29) is 0 Å². The Labute approximate surface area is 96.3 Å². The molecule has 0 aromatic heterocycles. The Bertz CT molecular complexity index is 293. The number of halogens is 3. The molecule has 0 bridgehead atoms. The second kappa shape index (κ2) is 6.25. The van der Waals surface area contributed by atoms with Crippen molar-refractivity contribution in [1.29, 1.82) is 0 Å². The van der Waals surface area contributed by atoms with E-state index in [0.717, 1.165) is 23.7 Å². The number of ether oxygens (including phenoxy) is 1. The van der Waals surface area contributed by atoms with Gasteiger partial charge >= 0.3 is 0 Å². The van der Waals surface area contributed by atoms with Crippen molar-refractivity contribution in [1.82, 2.24) is 0 Å². The van der Waals surface area contributed by atoms with Crippen LogP contribution in [-0.4, -0.2) is 12.2 Å². The van der Waals surface area contributed by atoms with Gasteiger partial charge in [0.25, 0.3) is 0 Å². The number of rotatable bonds is 5. The summed E-state index contributed by atoms with van der Waals surface area (Å²) in [7, 11) is 0. The maximum absolute atomic E-state index is 12.0. The fourth-order valence-corrected chi connectivity index (χ4v) is 1.63. The average molecular weight is 282 g/mol. The molecule has 0 heterocycles. The van der Waals surface area contributed by atoms with E-state index in [9.17, 15) is 4.39 Å². The highest BCUT2D eigenvalue weighted by atomic mass is 79.9. The molecule has 1 aromatic carbocycles. The van der Waals surface area contributed by atoms with Crippen LogP contribution in [0.2, 0.25) is 5.02 Å². The molecule has 0 aliphatic rings. The first-order chi connectivity index (χ1) is 6.77. The van der Waals surface area contributed by atoms with E-state index in [1.54, 1.807) is 12.1 Å². The van der Waals surface area contributed by atoms with E-state index < -0.39 is 6.86 Å². The van der Waals surface area contributed by atoms with Crippen molar-refractivity contribution in [3.8, 4) is 5.75 Å². The monoisotopic (exact) mass is 280 g/mol. The molecule has 0 unspecified atom stereocenters. The van der Waals surface area contributed by atoms with E-state index in [1.165, 1.54) is 0 Å². The van der Waals surface area contributed by atoms with Gasteiger partial charge in [0.1, 0.15) is 5.75 Å². The van der Waals surface area contributed by atoms with E-state index in [1.807, 2.05) is 6.07 Å². The van der Waals surface area contributed by atoms with E-state index in [2.05, 4.69) is 15.9 Å². The maximum Gasteiger partial charge on any atom is 0.228 e. The van der Waals surface area contributed by atoms with Gasteiger partial charge in [-0.3, -0.25) is 0 Å². The van der Waals surface area contributed by atoms with E-state index in [4.69, 9.17) is 16.3 Å². The largest absolute Gasteiger partial charge is 0.463 e. The Balaban J connectivity index is 2.78. The highest BCUT2D eigenvalue weighted by Gasteiger charge is 2.04. The minimum Gasteiger partial charge on any atom is -0.463 e. The lowest BCUT2D eigenvalue weighted by Gasteiger charge is -2.08. The maximum atomic E-state index is 12.0. The molecule has 1 aromatic rings. The first kappa shape index (κ1) is 11.8. The Hall–Kier alpha value is -0.280. The first-order valence-electron chi connectivity index (χ1n) is 4.31. The van der Waals surface area contributed by atoms with Crippen molar-refractivity contribution in [3.63, 3.8) is 0 Å². The summed E-state index contributed by atoms with van der Waals surface area (Å²) in [4.78, 5) is 0. The minimum atomic E-state index is -0.818. The van der Waals surface area contributed by atoms with Crippen molar-refractivity contribution in [2.45, 2.75) is 12.8 Å². The third-order valence-corrected chi connectivity index (χ3v) is 2.61. The summed E-state index contributed by atoms with van der Waals surface area (Å²) in [6, 6.07) is 5.30. The Kier molecular flexibility index (Phi) is 5.26. The molecule has 0 N–H and O–H groups in total. The highest BCUT2D eigenvalue weighted by Crippen LogP contribution is 2.24. The number of hydrogen-bond donors (Lipinski definition) is 0. The predicted octanol–water partition coefficient (Wildman–Crippen LogP) is 3.97. The van der Waals surface area contributed by atoms with Gasteiger partial charge in [-0.1, -0.05) is 33.6 Å². The average Bonchev–Trinajstić information content (AvgIpc) is 2.17. The molecule has 1 rings (SSSR count). The van der Waals surface area contributed by atoms with Crippen molar-refractivity contribution >= 4 is 27.5 Å². The zero-order valence-corrected chi connectivity index (χ0v) is 9.94. The summed E-state index contributed by atoms with van der Waals surface area (Å²) in [5.74, 6) is 0.543. The van der Waals surface area contributed by atoms with Crippen LogP contribution in [0.15, 0.2) is 18.2 Å². The third kappa shape index (κ3) is 3.46. The lowest BCUT2D eigenvalue weighted by Crippen LogP contribution is -1.96. The quantitative estimate of drug-likeness (QED) is 0.742. The third-order valence-electron chi connectivity index (χ3n) is 1.82. The van der Waals surface area contributed by atoms with Crippen LogP contribution < -0.4 is 4.74 Å². The van der Waals surface area contributed by atoms with Crippen LogP contribution in [0.3, 0.4) is 0 Å². The molecule has 0 aliphatic carbocycles. The molecule has 0 radical (unpaired) electrons. The van der Waals surface area contributed by atoms with Gasteiger partial charge in [0.2, 0.25) is 6.86 Å². The Morgan fingerprint density at radius 1 is 1.43 bits per heavy atom. The molecule has 0 saturated heterocycles. The van der Waals surface area contributed by atoms with Crippen molar-refractivity contribution in [2.24, 2.45) is 0 Å². The number of benzene rings is 1. The lowest BCUT2D eigenvalue weighted by atomic mass is 10.1. The summed E-state index contributed by atoms with van der Waals surface area (Å²) >= 11 is 9.12. The molecule has 0 spiro atoms. The number of aryl methyl sites for hydroxylation is 1. The van der Waals surface area contributed by atoms with Crippen LogP contribution in [0.25, 0.3) is 0 Å². The molecule has 0 atom stereocenters. The molecule has 1 nitrogen and oxygen atoms in total. The molecule has 0 saturated carbocycles. The summed E-state index contributed by atoms with van der Waals surface area (Å²) < 4.78 is 16.9. The predicted molar refractivity (Wildman–Crippen MR) is 60.2 cm³/mol. The van der Waals surface area contributed by atoms with Gasteiger partial charge in [-0.15, -0.1) is 0 Å². The van der Waals surface area contributed by atoms with Crippen LogP contribution in [0, 0.1) is 0 Å². The van der Waals surface area contributed by atoms with Crippen LogP contribution in [0.4, 0.5) is 4.39 Å². The Morgan fingerprint density at radius 3 is 2.86 bits per heavy atom. The summed E-state index contributed by atoms with van der Waals surface area (Å²) in [5, 5.41) is 1.49. The van der Waals surface area contributed by atoms with Crippen molar-refractivity contribution in [3.05, 3.63) is 28.8 Å². The van der Waals surface area contributed by atoms with Crippen LogP contribution in [0.1, 0.15) is 12.0 Å². The van der Waals surface area contributed by atoms with Gasteiger partial charge in [0, 0.05) is 10.4 Å². The smallest absolute Gasteiger partial charge is 0.228 e. The summed E-state index contributed by atoms with van der Waals surface area (Å²) in [6.07, 6.45) is 1.85. The highest BCUT2D eigenvalue weighted by molar-refractivity contribution is 9.09. The molecule has 0 amide bonds. The zero-order valence-electron chi connectivity index (χ0n) is 7.60. The van der Waals surface area contributed by atoms with Crippen molar-refractivity contribution < 1.29 is 9.13 Å². The van der Waals surface area contributed by atoms with Gasteiger partial charge < -0.3 is 4.74 Å². The molecule has 78 valence electrons. The topological polar surface area (TPSA) is 9.23 Å². The molecular weight excluding hydrogens is 270 g/mol. The van der Waals surface area contributed by atoms with E-state index >= 15 is 0 Å². The number of alkyl halides is 2. The molecule has 0 aliphatic heterocycles. The van der Waals surface area contributed by atoms with Gasteiger partial charge in [-0.2, -0.15) is 0 Å². The van der Waals surface area contributed by atoms with Crippen molar-refractivity contribution in [2.75, 3.05) is 12.2 Å². The fraction of sp³-hybridized carbons (Fsp3) is 0.400. The lowest BCUT2D eigenvalue weighted by molar-refractivity contribution is 0.190. The molecule has 4 heteroatoms. The SMILES string of the molecule is FCOc1cc(Cl)ccc1CCCBr. The zero-order chi connectivity index (χ0) is 10.4. The molecule has 14 heavy (non-hydrogen) atoms. The second-order valence-electron chi connectivity index (χ2n) is 2.80. The van der Waals surface area contributed by atoms with Crippen LogP contribution >= 0.6 is 27.5 Å². The number of hydrogen-bond acceptors (Lipinski definition) is 1.